The first-order chi connectivity index (χ1) is 6.99. The Morgan fingerprint density at radius 2 is 1.80 bits per heavy atom. The zero-order valence-electron chi connectivity index (χ0n) is 10.8. The molecule has 88 valence electrons. The number of nitrogens with one attached hydrogen (secondary N) is 1. The number of carbonyl (C=O) groups is 1. The van der Waals surface area contributed by atoms with Gasteiger partial charge in [0.2, 0.25) is 0 Å². The van der Waals surface area contributed by atoms with Gasteiger partial charge in [0.1, 0.15) is 0 Å². The van der Waals surface area contributed by atoms with Crippen molar-refractivity contribution in [1.29, 1.82) is 0 Å². The molecule has 0 aliphatic carbocycles. The van der Waals surface area contributed by atoms with Gasteiger partial charge in [-0.05, 0) is 12.3 Å². The Kier molecular flexibility index (Phi) is 7.10. The second-order valence-electron chi connectivity index (χ2n) is 4.59. The molecule has 0 amide bonds. The highest BCUT2D eigenvalue weighted by Gasteiger charge is 2.08. The van der Waals surface area contributed by atoms with Crippen LogP contribution in [0, 0.1) is 11.8 Å². The van der Waals surface area contributed by atoms with Crippen LogP contribution in [0.5, 0.6) is 0 Å². The first kappa shape index (κ1) is 14.2. The van der Waals surface area contributed by atoms with Crippen molar-refractivity contribution in [2.24, 2.45) is 11.8 Å². The SMILES string of the molecule is CCCCN/C(=C\C(=O)C(C)C)C(C)C. The number of allylic oxidation sites excluding steroid dienone is 2. The zero-order chi connectivity index (χ0) is 11.8. The highest BCUT2D eigenvalue weighted by atomic mass is 16.1. The summed E-state index contributed by atoms with van der Waals surface area (Å²) in [6.07, 6.45) is 4.10. The number of ketones is 1. The largest absolute Gasteiger partial charge is 0.388 e. The fourth-order valence-corrected chi connectivity index (χ4v) is 1.15. The maximum Gasteiger partial charge on any atom is 0.159 e. The Hall–Kier alpha value is -0.790. The van der Waals surface area contributed by atoms with E-state index in [1.54, 1.807) is 6.08 Å². The molecule has 0 radical (unpaired) electrons. The molecule has 0 heterocycles. The van der Waals surface area contributed by atoms with Crippen molar-refractivity contribution >= 4 is 5.78 Å². The second-order valence-corrected chi connectivity index (χ2v) is 4.59. The predicted molar refractivity (Wildman–Crippen MR) is 65.7 cm³/mol. The third-order valence-electron chi connectivity index (χ3n) is 2.35. The fraction of sp³-hybridized carbons (Fsp3) is 0.769. The van der Waals surface area contributed by atoms with E-state index in [1.165, 1.54) is 6.42 Å². The van der Waals surface area contributed by atoms with Crippen molar-refractivity contribution in [2.45, 2.75) is 47.5 Å². The van der Waals surface area contributed by atoms with Gasteiger partial charge in [-0.25, -0.2) is 0 Å². The molecule has 15 heavy (non-hydrogen) atoms. The molecule has 2 nitrogen and oxygen atoms in total. The fourth-order valence-electron chi connectivity index (χ4n) is 1.15. The molecule has 0 bridgehead atoms. The van der Waals surface area contributed by atoms with E-state index in [1.807, 2.05) is 13.8 Å². The average Bonchev–Trinajstić information content (AvgIpc) is 2.15. The molecule has 0 aromatic heterocycles. The molecular weight excluding hydrogens is 186 g/mol. The van der Waals surface area contributed by atoms with Gasteiger partial charge in [0.15, 0.2) is 5.78 Å². The number of unbranched alkanes of at least 4 members (excludes halogenated alkanes) is 1. The third kappa shape index (κ3) is 6.32. The monoisotopic (exact) mass is 211 g/mol. The minimum absolute atomic E-state index is 0.0896. The van der Waals surface area contributed by atoms with E-state index in [9.17, 15) is 4.79 Å². The van der Waals surface area contributed by atoms with Gasteiger partial charge in [-0.1, -0.05) is 41.0 Å². The van der Waals surface area contributed by atoms with E-state index in [4.69, 9.17) is 0 Å². The molecule has 0 aliphatic rings. The van der Waals surface area contributed by atoms with E-state index < -0.39 is 0 Å². The minimum Gasteiger partial charge on any atom is -0.388 e. The number of carbonyl (C=O) groups excluding carboxylic acids is 1. The zero-order valence-corrected chi connectivity index (χ0v) is 10.8. The lowest BCUT2D eigenvalue weighted by Gasteiger charge is -2.14. The highest BCUT2D eigenvalue weighted by Crippen LogP contribution is 2.08. The van der Waals surface area contributed by atoms with Gasteiger partial charge < -0.3 is 5.32 Å². The molecule has 0 unspecified atom stereocenters. The van der Waals surface area contributed by atoms with E-state index in [0.717, 1.165) is 18.7 Å². The molecule has 0 aromatic carbocycles. The topological polar surface area (TPSA) is 29.1 Å². The standard InChI is InChI=1S/C13H25NO/c1-6-7-8-14-12(10(2)3)9-13(15)11(4)5/h9-11,14H,6-8H2,1-5H3/b12-9-. The third-order valence-corrected chi connectivity index (χ3v) is 2.35. The Balaban J connectivity index is 4.31. The normalized spacial score (nSPS) is 12.3. The molecular formula is C13H25NO. The summed E-state index contributed by atoms with van der Waals surface area (Å²) in [4.78, 5) is 11.6. The highest BCUT2D eigenvalue weighted by molar-refractivity contribution is 5.91. The van der Waals surface area contributed by atoms with E-state index in [-0.39, 0.29) is 11.7 Å². The molecule has 0 aromatic rings. The molecule has 0 spiro atoms. The average molecular weight is 211 g/mol. The summed E-state index contributed by atoms with van der Waals surface area (Å²) < 4.78 is 0. The molecule has 0 saturated heterocycles. The van der Waals surface area contributed by atoms with Crippen molar-refractivity contribution in [2.75, 3.05) is 6.54 Å². The maximum absolute atomic E-state index is 11.6. The molecule has 0 fully saturated rings. The Morgan fingerprint density at radius 3 is 2.20 bits per heavy atom. The smallest absolute Gasteiger partial charge is 0.159 e. The quantitative estimate of drug-likeness (QED) is 0.518. The summed E-state index contributed by atoms with van der Waals surface area (Å²) in [6, 6.07) is 0. The lowest BCUT2D eigenvalue weighted by Crippen LogP contribution is -2.20. The minimum atomic E-state index is 0.0896. The van der Waals surface area contributed by atoms with E-state index in [0.29, 0.717) is 5.92 Å². The van der Waals surface area contributed by atoms with E-state index >= 15 is 0 Å². The second kappa shape index (κ2) is 7.49. The van der Waals surface area contributed by atoms with Crippen molar-refractivity contribution in [3.8, 4) is 0 Å². The van der Waals surface area contributed by atoms with Crippen LogP contribution in [-0.4, -0.2) is 12.3 Å². The van der Waals surface area contributed by atoms with Crippen LogP contribution in [0.2, 0.25) is 0 Å². The summed E-state index contributed by atoms with van der Waals surface area (Å²) in [5.74, 6) is 0.693. The van der Waals surface area contributed by atoms with Gasteiger partial charge in [-0.3, -0.25) is 4.79 Å². The summed E-state index contributed by atoms with van der Waals surface area (Å²) in [5.41, 5.74) is 1.07. The maximum atomic E-state index is 11.6. The molecule has 0 saturated carbocycles. The molecule has 0 atom stereocenters. The summed E-state index contributed by atoms with van der Waals surface area (Å²) >= 11 is 0. The van der Waals surface area contributed by atoms with Gasteiger partial charge >= 0.3 is 0 Å². The predicted octanol–water partition coefficient (Wildman–Crippen LogP) is 3.14. The van der Waals surface area contributed by atoms with Gasteiger partial charge in [0, 0.05) is 24.2 Å². The lowest BCUT2D eigenvalue weighted by molar-refractivity contribution is -0.117. The van der Waals surface area contributed by atoms with Crippen LogP contribution in [0.25, 0.3) is 0 Å². The first-order valence-electron chi connectivity index (χ1n) is 5.98. The van der Waals surface area contributed by atoms with Crippen molar-refractivity contribution < 1.29 is 4.79 Å². The Labute approximate surface area is 94.1 Å². The van der Waals surface area contributed by atoms with Gasteiger partial charge in [0.05, 0.1) is 0 Å². The van der Waals surface area contributed by atoms with Gasteiger partial charge in [0.25, 0.3) is 0 Å². The molecule has 0 aliphatic heterocycles. The molecule has 1 N–H and O–H groups in total. The van der Waals surface area contributed by atoms with Gasteiger partial charge in [-0.2, -0.15) is 0 Å². The van der Waals surface area contributed by atoms with Crippen LogP contribution in [0.15, 0.2) is 11.8 Å². The van der Waals surface area contributed by atoms with Crippen molar-refractivity contribution in [3.63, 3.8) is 0 Å². The summed E-state index contributed by atoms with van der Waals surface area (Å²) in [7, 11) is 0. The van der Waals surface area contributed by atoms with E-state index in [2.05, 4.69) is 26.1 Å². The van der Waals surface area contributed by atoms with Crippen LogP contribution in [0.3, 0.4) is 0 Å². The number of hydrogen-bond acceptors (Lipinski definition) is 2. The first-order valence-corrected chi connectivity index (χ1v) is 5.98. The summed E-state index contributed by atoms with van der Waals surface area (Å²) in [5, 5.41) is 3.35. The van der Waals surface area contributed by atoms with Crippen molar-refractivity contribution in [1.82, 2.24) is 5.32 Å². The van der Waals surface area contributed by atoms with Crippen LogP contribution >= 0.6 is 0 Å². The Morgan fingerprint density at radius 1 is 1.20 bits per heavy atom. The number of rotatable bonds is 7. The van der Waals surface area contributed by atoms with Crippen LogP contribution < -0.4 is 5.32 Å². The van der Waals surface area contributed by atoms with Crippen LogP contribution in [0.1, 0.15) is 47.5 Å². The summed E-state index contributed by atoms with van der Waals surface area (Å²) in [6.45, 7) is 11.2. The molecule has 2 heteroatoms. The van der Waals surface area contributed by atoms with Crippen LogP contribution in [0.4, 0.5) is 0 Å². The molecule has 0 rings (SSSR count). The number of hydrogen-bond donors (Lipinski definition) is 1. The van der Waals surface area contributed by atoms with Crippen LogP contribution in [-0.2, 0) is 4.79 Å². The Bertz CT molecular complexity index is 217. The lowest BCUT2D eigenvalue weighted by atomic mass is 10.0. The van der Waals surface area contributed by atoms with Crippen molar-refractivity contribution in [3.05, 3.63) is 11.8 Å². The van der Waals surface area contributed by atoms with Gasteiger partial charge in [-0.15, -0.1) is 0 Å².